The largest absolute Gasteiger partial charge is 0.494 e. The van der Waals surface area contributed by atoms with E-state index in [0.717, 1.165) is 11.1 Å². The second-order valence-corrected chi connectivity index (χ2v) is 10.2. The van der Waals surface area contributed by atoms with Gasteiger partial charge in [-0.2, -0.15) is 4.31 Å². The maximum atomic E-state index is 13.2. The van der Waals surface area contributed by atoms with E-state index in [1.807, 2.05) is 13.8 Å². The summed E-state index contributed by atoms with van der Waals surface area (Å²) < 4.78 is 38.3. The Labute approximate surface area is 201 Å². The molecule has 1 unspecified atom stereocenters. The van der Waals surface area contributed by atoms with Crippen LogP contribution in [0.5, 0.6) is 5.75 Å². The first-order valence-corrected chi connectivity index (χ1v) is 13.0. The molecule has 34 heavy (non-hydrogen) atoms. The molecule has 0 spiro atoms. The van der Waals surface area contributed by atoms with Gasteiger partial charge in [-0.25, -0.2) is 8.42 Å². The number of rotatable bonds is 9. The summed E-state index contributed by atoms with van der Waals surface area (Å²) in [5, 5.41) is 2.87. The lowest BCUT2D eigenvalue weighted by atomic mass is 9.98. The van der Waals surface area contributed by atoms with Crippen molar-refractivity contribution in [2.45, 2.75) is 44.9 Å². The van der Waals surface area contributed by atoms with Crippen LogP contribution in [0.4, 0.5) is 5.69 Å². The Bertz CT molecular complexity index is 1110. The molecule has 8 nitrogen and oxygen atoms in total. The molecule has 3 rings (SSSR count). The molecule has 1 atom stereocenters. The van der Waals surface area contributed by atoms with Crippen molar-refractivity contribution in [1.82, 2.24) is 4.31 Å². The van der Waals surface area contributed by atoms with E-state index in [1.165, 1.54) is 4.31 Å². The number of esters is 1. The molecule has 0 bridgehead atoms. The number of piperidine rings is 1. The molecule has 9 heteroatoms. The second kappa shape index (κ2) is 11.5. The van der Waals surface area contributed by atoms with Crippen LogP contribution < -0.4 is 10.1 Å². The Morgan fingerprint density at radius 1 is 1.09 bits per heavy atom. The van der Waals surface area contributed by atoms with Crippen molar-refractivity contribution in [3.63, 3.8) is 0 Å². The number of ether oxygens (including phenoxy) is 2. The molecule has 2 aromatic rings. The minimum Gasteiger partial charge on any atom is -0.494 e. The Morgan fingerprint density at radius 2 is 1.82 bits per heavy atom. The second-order valence-electron chi connectivity index (χ2n) is 8.23. The molecule has 1 heterocycles. The van der Waals surface area contributed by atoms with Crippen LogP contribution in [0.25, 0.3) is 0 Å². The summed E-state index contributed by atoms with van der Waals surface area (Å²) in [6.07, 6.45) is 1.38. The van der Waals surface area contributed by atoms with Gasteiger partial charge < -0.3 is 14.8 Å². The van der Waals surface area contributed by atoms with Gasteiger partial charge in [-0.1, -0.05) is 12.1 Å². The summed E-state index contributed by atoms with van der Waals surface area (Å²) >= 11 is 0. The van der Waals surface area contributed by atoms with Crippen LogP contribution in [0.3, 0.4) is 0 Å². The number of carbonyl (C=O) groups excluding carboxylic acids is 2. The van der Waals surface area contributed by atoms with Crippen molar-refractivity contribution in [1.29, 1.82) is 0 Å². The molecular weight excluding hydrogens is 456 g/mol. The van der Waals surface area contributed by atoms with Crippen LogP contribution in [-0.4, -0.2) is 50.9 Å². The van der Waals surface area contributed by atoms with Gasteiger partial charge in [-0.15, -0.1) is 0 Å². The maximum Gasteiger partial charge on any atom is 0.310 e. The third-order valence-corrected chi connectivity index (χ3v) is 7.58. The molecule has 1 amide bonds. The topological polar surface area (TPSA) is 102 Å². The van der Waals surface area contributed by atoms with E-state index in [1.54, 1.807) is 49.4 Å². The predicted octanol–water partition coefficient (Wildman–Crippen LogP) is 3.54. The van der Waals surface area contributed by atoms with E-state index in [9.17, 15) is 18.0 Å². The third kappa shape index (κ3) is 6.36. The summed E-state index contributed by atoms with van der Waals surface area (Å²) in [6.45, 7) is 6.79. The number of benzene rings is 2. The molecule has 184 valence electrons. The summed E-state index contributed by atoms with van der Waals surface area (Å²) in [4.78, 5) is 24.7. The fourth-order valence-electron chi connectivity index (χ4n) is 3.95. The van der Waals surface area contributed by atoms with Gasteiger partial charge in [0.2, 0.25) is 15.9 Å². The van der Waals surface area contributed by atoms with E-state index < -0.39 is 15.9 Å². The van der Waals surface area contributed by atoms with Gasteiger partial charge in [0.15, 0.2) is 0 Å². The van der Waals surface area contributed by atoms with E-state index in [2.05, 4.69) is 5.32 Å². The number of nitrogens with zero attached hydrogens (tertiary/aromatic N) is 1. The monoisotopic (exact) mass is 488 g/mol. The van der Waals surface area contributed by atoms with Crippen molar-refractivity contribution < 1.29 is 27.5 Å². The SMILES string of the molecule is CCOC(=O)Cc1ccc(NC(=O)C2CCCN(S(=O)(=O)c3ccc(OCC)c(C)c3)C2)cc1. The molecule has 1 aliphatic rings. The Kier molecular flexibility index (Phi) is 8.68. The average molecular weight is 489 g/mol. The number of sulfonamides is 1. The standard InChI is InChI=1S/C25H32N2O6S/c1-4-32-23-13-12-22(15-18(23)3)34(30,31)27-14-6-7-20(17-27)25(29)26-21-10-8-19(9-11-21)16-24(28)33-5-2/h8-13,15,20H,4-7,14,16-17H2,1-3H3,(H,26,29). The zero-order chi connectivity index (χ0) is 24.7. The van der Waals surface area contributed by atoms with E-state index >= 15 is 0 Å². The summed E-state index contributed by atoms with van der Waals surface area (Å²) in [7, 11) is -3.72. The smallest absolute Gasteiger partial charge is 0.310 e. The van der Waals surface area contributed by atoms with Gasteiger partial charge in [0.1, 0.15) is 5.75 Å². The quantitative estimate of drug-likeness (QED) is 0.542. The minimum absolute atomic E-state index is 0.126. The Hall–Kier alpha value is -2.91. The molecule has 1 fully saturated rings. The van der Waals surface area contributed by atoms with Crippen molar-refractivity contribution >= 4 is 27.6 Å². The number of carbonyl (C=O) groups is 2. The first-order chi connectivity index (χ1) is 16.2. The highest BCUT2D eigenvalue weighted by Crippen LogP contribution is 2.28. The average Bonchev–Trinajstić information content (AvgIpc) is 2.82. The van der Waals surface area contributed by atoms with Crippen molar-refractivity contribution in [2.24, 2.45) is 5.92 Å². The fraction of sp³-hybridized carbons (Fsp3) is 0.440. The van der Waals surface area contributed by atoms with Crippen molar-refractivity contribution in [3.8, 4) is 5.75 Å². The zero-order valence-electron chi connectivity index (χ0n) is 19.9. The van der Waals surface area contributed by atoms with Gasteiger partial charge in [-0.05, 0) is 75.1 Å². The van der Waals surface area contributed by atoms with E-state index in [0.29, 0.717) is 44.0 Å². The molecule has 0 saturated carbocycles. The van der Waals surface area contributed by atoms with Crippen LogP contribution in [-0.2, 0) is 30.8 Å². The zero-order valence-corrected chi connectivity index (χ0v) is 20.7. The highest BCUT2D eigenvalue weighted by Gasteiger charge is 2.33. The molecule has 2 aromatic carbocycles. The lowest BCUT2D eigenvalue weighted by molar-refractivity contribution is -0.142. The number of anilines is 1. The number of amides is 1. The summed E-state index contributed by atoms with van der Waals surface area (Å²) in [5.74, 6) is -0.316. The van der Waals surface area contributed by atoms with Crippen LogP contribution in [0.1, 0.15) is 37.8 Å². The molecule has 0 aliphatic carbocycles. The van der Waals surface area contributed by atoms with Crippen LogP contribution in [0.2, 0.25) is 0 Å². The third-order valence-electron chi connectivity index (χ3n) is 5.71. The van der Waals surface area contributed by atoms with Crippen LogP contribution >= 0.6 is 0 Å². The van der Waals surface area contributed by atoms with Gasteiger partial charge in [0.05, 0.1) is 30.4 Å². The van der Waals surface area contributed by atoms with Crippen LogP contribution in [0, 0.1) is 12.8 Å². The molecule has 1 N–H and O–H groups in total. The lowest BCUT2D eigenvalue weighted by Gasteiger charge is -2.31. The number of aryl methyl sites for hydroxylation is 1. The van der Waals surface area contributed by atoms with Gasteiger partial charge in [0.25, 0.3) is 0 Å². The number of hydrogen-bond donors (Lipinski definition) is 1. The van der Waals surface area contributed by atoms with Crippen LogP contribution in [0.15, 0.2) is 47.4 Å². The molecule has 1 aliphatic heterocycles. The number of hydrogen-bond acceptors (Lipinski definition) is 6. The Balaban J connectivity index is 1.64. The van der Waals surface area contributed by atoms with Gasteiger partial charge in [-0.3, -0.25) is 9.59 Å². The first-order valence-electron chi connectivity index (χ1n) is 11.5. The van der Waals surface area contributed by atoms with E-state index in [4.69, 9.17) is 9.47 Å². The molecule has 0 aromatic heterocycles. The molecule has 1 saturated heterocycles. The lowest BCUT2D eigenvalue weighted by Crippen LogP contribution is -2.43. The molecular formula is C25H32N2O6S. The van der Waals surface area contributed by atoms with Gasteiger partial charge >= 0.3 is 5.97 Å². The van der Waals surface area contributed by atoms with E-state index in [-0.39, 0.29) is 29.7 Å². The normalized spacial score (nSPS) is 16.6. The Morgan fingerprint density at radius 3 is 2.47 bits per heavy atom. The molecule has 0 radical (unpaired) electrons. The number of nitrogens with one attached hydrogen (secondary N) is 1. The summed E-state index contributed by atoms with van der Waals surface area (Å²) in [6, 6.07) is 11.8. The summed E-state index contributed by atoms with van der Waals surface area (Å²) in [5.41, 5.74) is 2.14. The fourth-order valence-corrected chi connectivity index (χ4v) is 5.56. The predicted molar refractivity (Wildman–Crippen MR) is 129 cm³/mol. The van der Waals surface area contributed by atoms with Crippen molar-refractivity contribution in [2.75, 3.05) is 31.6 Å². The van der Waals surface area contributed by atoms with Gasteiger partial charge in [0, 0.05) is 18.8 Å². The highest BCUT2D eigenvalue weighted by atomic mass is 32.2. The highest BCUT2D eigenvalue weighted by molar-refractivity contribution is 7.89. The first kappa shape index (κ1) is 25.7. The maximum absolute atomic E-state index is 13.2. The minimum atomic E-state index is -3.72. The van der Waals surface area contributed by atoms with Crippen molar-refractivity contribution in [3.05, 3.63) is 53.6 Å².